The van der Waals surface area contributed by atoms with Crippen LogP contribution in [0.15, 0.2) is 0 Å². The van der Waals surface area contributed by atoms with E-state index in [4.69, 9.17) is 0 Å². The van der Waals surface area contributed by atoms with Gasteiger partial charge in [-0.1, -0.05) is 13.8 Å². The van der Waals surface area contributed by atoms with E-state index in [1.807, 2.05) is 7.05 Å². The van der Waals surface area contributed by atoms with Crippen LogP contribution in [-0.2, 0) is 9.59 Å². The minimum atomic E-state index is -0.109. The average Bonchev–Trinajstić information content (AvgIpc) is 2.15. The van der Waals surface area contributed by atoms with E-state index in [9.17, 15) is 9.59 Å². The molecule has 0 saturated carbocycles. The number of rotatable bonds is 3. The van der Waals surface area contributed by atoms with Crippen molar-refractivity contribution in [3.8, 4) is 0 Å². The number of hydrogen-bond donors (Lipinski definition) is 1. The standard InChI is InChI=1S/C11H20N2O2/c1-8(2)7-13(3)11(15)9-4-5-12-10(14)6-9/h8-9H,4-7H2,1-3H3,(H,12,14). The van der Waals surface area contributed by atoms with Crippen molar-refractivity contribution in [1.29, 1.82) is 0 Å². The first-order valence-corrected chi connectivity index (χ1v) is 5.52. The highest BCUT2D eigenvalue weighted by molar-refractivity contribution is 5.86. The SMILES string of the molecule is CC(C)CN(C)C(=O)C1CCNC(=O)C1. The summed E-state index contributed by atoms with van der Waals surface area (Å²) in [5.41, 5.74) is 0. The molecule has 1 rings (SSSR count). The topological polar surface area (TPSA) is 49.4 Å². The lowest BCUT2D eigenvalue weighted by Crippen LogP contribution is -2.42. The van der Waals surface area contributed by atoms with Gasteiger partial charge in [0.05, 0.1) is 0 Å². The highest BCUT2D eigenvalue weighted by Gasteiger charge is 2.27. The van der Waals surface area contributed by atoms with Crippen LogP contribution >= 0.6 is 0 Å². The number of carbonyl (C=O) groups is 2. The molecular weight excluding hydrogens is 192 g/mol. The zero-order chi connectivity index (χ0) is 11.4. The van der Waals surface area contributed by atoms with Crippen molar-refractivity contribution in [2.45, 2.75) is 26.7 Å². The van der Waals surface area contributed by atoms with Crippen LogP contribution in [0.1, 0.15) is 26.7 Å². The van der Waals surface area contributed by atoms with Gasteiger partial charge < -0.3 is 10.2 Å². The van der Waals surface area contributed by atoms with E-state index in [0.29, 0.717) is 18.9 Å². The summed E-state index contributed by atoms with van der Waals surface area (Å²) in [7, 11) is 1.81. The van der Waals surface area contributed by atoms with Gasteiger partial charge in [-0.05, 0) is 12.3 Å². The first-order chi connectivity index (χ1) is 7.00. The first-order valence-electron chi connectivity index (χ1n) is 5.52. The van der Waals surface area contributed by atoms with Crippen molar-refractivity contribution >= 4 is 11.8 Å². The maximum absolute atomic E-state index is 11.9. The van der Waals surface area contributed by atoms with E-state index in [1.165, 1.54) is 0 Å². The summed E-state index contributed by atoms with van der Waals surface area (Å²) < 4.78 is 0. The third-order valence-corrected chi connectivity index (χ3v) is 2.61. The van der Waals surface area contributed by atoms with E-state index < -0.39 is 0 Å². The molecule has 0 bridgehead atoms. The van der Waals surface area contributed by atoms with Crippen LogP contribution in [0.3, 0.4) is 0 Å². The minimum Gasteiger partial charge on any atom is -0.356 e. The van der Waals surface area contributed by atoms with Crippen molar-refractivity contribution < 1.29 is 9.59 Å². The summed E-state index contributed by atoms with van der Waals surface area (Å²) in [4.78, 5) is 24.8. The van der Waals surface area contributed by atoms with Crippen molar-refractivity contribution in [1.82, 2.24) is 10.2 Å². The number of hydrogen-bond acceptors (Lipinski definition) is 2. The summed E-state index contributed by atoms with van der Waals surface area (Å²) in [5.74, 6) is 0.468. The summed E-state index contributed by atoms with van der Waals surface area (Å²) in [6.07, 6.45) is 1.12. The van der Waals surface area contributed by atoms with Crippen molar-refractivity contribution in [3.63, 3.8) is 0 Å². The zero-order valence-corrected chi connectivity index (χ0v) is 9.75. The predicted octanol–water partition coefficient (Wildman–Crippen LogP) is 0.627. The van der Waals surface area contributed by atoms with Gasteiger partial charge in [0.1, 0.15) is 0 Å². The molecule has 1 fully saturated rings. The van der Waals surface area contributed by atoms with Gasteiger partial charge in [0.15, 0.2) is 0 Å². The van der Waals surface area contributed by atoms with E-state index in [-0.39, 0.29) is 17.7 Å². The fourth-order valence-electron chi connectivity index (χ4n) is 1.94. The summed E-state index contributed by atoms with van der Waals surface area (Å²) >= 11 is 0. The van der Waals surface area contributed by atoms with Gasteiger partial charge in [0, 0.05) is 32.5 Å². The van der Waals surface area contributed by atoms with Crippen molar-refractivity contribution in [3.05, 3.63) is 0 Å². The van der Waals surface area contributed by atoms with Crippen LogP contribution in [0, 0.1) is 11.8 Å². The number of nitrogens with zero attached hydrogens (tertiary/aromatic N) is 1. The fraction of sp³-hybridized carbons (Fsp3) is 0.818. The molecule has 1 aliphatic rings. The number of carbonyl (C=O) groups excluding carboxylic acids is 2. The highest BCUT2D eigenvalue weighted by Crippen LogP contribution is 2.15. The van der Waals surface area contributed by atoms with Gasteiger partial charge in [-0.25, -0.2) is 0 Å². The third kappa shape index (κ3) is 3.53. The van der Waals surface area contributed by atoms with Gasteiger partial charge >= 0.3 is 0 Å². The monoisotopic (exact) mass is 212 g/mol. The molecule has 86 valence electrons. The molecule has 4 heteroatoms. The van der Waals surface area contributed by atoms with Crippen LogP contribution in [0.25, 0.3) is 0 Å². The summed E-state index contributed by atoms with van der Waals surface area (Å²) in [6.45, 7) is 5.55. The molecule has 1 N–H and O–H groups in total. The molecule has 0 aliphatic carbocycles. The first kappa shape index (κ1) is 12.0. The summed E-state index contributed by atoms with van der Waals surface area (Å²) in [5, 5.41) is 2.74. The molecule has 1 saturated heterocycles. The van der Waals surface area contributed by atoms with Crippen molar-refractivity contribution in [2.75, 3.05) is 20.1 Å². The van der Waals surface area contributed by atoms with Crippen LogP contribution in [0.4, 0.5) is 0 Å². The Kier molecular flexibility index (Phi) is 4.12. The van der Waals surface area contributed by atoms with E-state index in [0.717, 1.165) is 13.0 Å². The lowest BCUT2D eigenvalue weighted by molar-refractivity contribution is -0.139. The molecule has 0 radical (unpaired) electrons. The van der Waals surface area contributed by atoms with Crippen LogP contribution in [-0.4, -0.2) is 36.9 Å². The molecule has 1 unspecified atom stereocenters. The van der Waals surface area contributed by atoms with Gasteiger partial charge in [-0.2, -0.15) is 0 Å². The molecular formula is C11H20N2O2. The molecule has 1 atom stereocenters. The lowest BCUT2D eigenvalue weighted by Gasteiger charge is -2.27. The molecule has 1 heterocycles. The number of nitrogens with one attached hydrogen (secondary N) is 1. The maximum atomic E-state index is 11.9. The number of amides is 2. The Morgan fingerprint density at radius 3 is 2.80 bits per heavy atom. The second-order valence-electron chi connectivity index (χ2n) is 4.65. The Morgan fingerprint density at radius 2 is 2.27 bits per heavy atom. The molecule has 0 aromatic heterocycles. The van der Waals surface area contributed by atoms with Gasteiger partial charge in [-0.3, -0.25) is 9.59 Å². The number of piperidine rings is 1. The zero-order valence-electron chi connectivity index (χ0n) is 9.75. The predicted molar refractivity (Wildman–Crippen MR) is 58.2 cm³/mol. The van der Waals surface area contributed by atoms with E-state index in [2.05, 4.69) is 19.2 Å². The maximum Gasteiger partial charge on any atom is 0.226 e. The Morgan fingerprint density at radius 1 is 1.60 bits per heavy atom. The van der Waals surface area contributed by atoms with Gasteiger partial charge in [0.2, 0.25) is 11.8 Å². The van der Waals surface area contributed by atoms with Crippen LogP contribution < -0.4 is 5.32 Å². The van der Waals surface area contributed by atoms with E-state index in [1.54, 1.807) is 4.90 Å². The minimum absolute atomic E-state index is 0.00227. The van der Waals surface area contributed by atoms with E-state index >= 15 is 0 Å². The Hall–Kier alpha value is -1.06. The smallest absolute Gasteiger partial charge is 0.226 e. The molecule has 2 amide bonds. The largest absolute Gasteiger partial charge is 0.356 e. The molecule has 4 nitrogen and oxygen atoms in total. The second-order valence-corrected chi connectivity index (χ2v) is 4.65. The molecule has 0 spiro atoms. The highest BCUT2D eigenvalue weighted by atomic mass is 16.2. The molecule has 1 aliphatic heterocycles. The lowest BCUT2D eigenvalue weighted by atomic mass is 9.96. The Balaban J connectivity index is 2.48. The van der Waals surface area contributed by atoms with Gasteiger partial charge in [-0.15, -0.1) is 0 Å². The average molecular weight is 212 g/mol. The van der Waals surface area contributed by atoms with Crippen LogP contribution in [0.5, 0.6) is 0 Å². The molecule has 15 heavy (non-hydrogen) atoms. The van der Waals surface area contributed by atoms with Gasteiger partial charge in [0.25, 0.3) is 0 Å². The molecule has 0 aromatic carbocycles. The Labute approximate surface area is 91.0 Å². The van der Waals surface area contributed by atoms with Crippen molar-refractivity contribution in [2.24, 2.45) is 11.8 Å². The normalized spacial score (nSPS) is 21.3. The van der Waals surface area contributed by atoms with Crippen LogP contribution in [0.2, 0.25) is 0 Å². The third-order valence-electron chi connectivity index (χ3n) is 2.61. The fourth-order valence-corrected chi connectivity index (χ4v) is 1.94. The molecule has 0 aromatic rings. The Bertz CT molecular complexity index is 251. The quantitative estimate of drug-likeness (QED) is 0.746. The second kappa shape index (κ2) is 5.14. The summed E-state index contributed by atoms with van der Waals surface area (Å²) in [6, 6.07) is 0.